The molecule has 7 heteroatoms. The van der Waals surface area contributed by atoms with Crippen molar-refractivity contribution in [3.05, 3.63) is 57.7 Å². The van der Waals surface area contributed by atoms with Gasteiger partial charge < -0.3 is 6.41 Å². The maximum Gasteiger partial charge on any atom is 1.00 e. The van der Waals surface area contributed by atoms with E-state index in [1.807, 2.05) is 48.1 Å². The van der Waals surface area contributed by atoms with Crippen molar-refractivity contribution >= 4 is 34.2 Å². The van der Waals surface area contributed by atoms with Gasteiger partial charge >= 0.3 is 29.6 Å². The summed E-state index contributed by atoms with van der Waals surface area (Å²) < 4.78 is 1.89. The van der Waals surface area contributed by atoms with Gasteiger partial charge in [-0.25, -0.2) is 4.98 Å². The first-order valence-corrected chi connectivity index (χ1v) is 9.91. The molecule has 29 heavy (non-hydrogen) atoms. The van der Waals surface area contributed by atoms with Gasteiger partial charge in [-0.15, -0.1) is 0 Å². The van der Waals surface area contributed by atoms with Gasteiger partial charge in [0.2, 0.25) is 0 Å². The second-order valence-corrected chi connectivity index (χ2v) is 8.93. The Morgan fingerprint density at radius 1 is 1.07 bits per heavy atom. The summed E-state index contributed by atoms with van der Waals surface area (Å²) in [6.07, 6.45) is 0. The van der Waals surface area contributed by atoms with Gasteiger partial charge in [-0.1, -0.05) is 62.2 Å². The van der Waals surface area contributed by atoms with Crippen molar-refractivity contribution < 1.29 is 31.0 Å². The first-order chi connectivity index (χ1) is 13.2. The van der Waals surface area contributed by atoms with E-state index in [1.165, 1.54) is 0 Å². The molecule has 0 bridgehead atoms. The quantitative estimate of drug-likeness (QED) is 0.487. The Balaban J connectivity index is 0.00000160. The van der Waals surface area contributed by atoms with Crippen molar-refractivity contribution in [3.8, 4) is 22.6 Å². The molecule has 146 valence electrons. The van der Waals surface area contributed by atoms with Crippen molar-refractivity contribution in [2.24, 2.45) is 7.05 Å². The summed E-state index contributed by atoms with van der Waals surface area (Å²) in [5.74, 6) is 0.760. The largest absolute Gasteiger partial charge is 1.00 e. The van der Waals surface area contributed by atoms with Gasteiger partial charge in [0.25, 0.3) is 0 Å². The predicted octanol–water partition coefficient (Wildman–Crippen LogP) is 3.66. The molecule has 1 N–H and O–H groups in total. The molecular formula is C22H23Cl2N4Na. The maximum atomic E-state index is 6.57. The monoisotopic (exact) mass is 436 g/mol. The van der Waals surface area contributed by atoms with Crippen molar-refractivity contribution in [3.63, 3.8) is 0 Å². The summed E-state index contributed by atoms with van der Waals surface area (Å²) in [7, 11) is 1.95. The Labute approximate surface area is 204 Å². The van der Waals surface area contributed by atoms with Gasteiger partial charge in [-0.05, 0) is 30.7 Å². The zero-order valence-corrected chi connectivity index (χ0v) is 21.1. The number of aromatic amines is 1. The van der Waals surface area contributed by atoms with Crippen LogP contribution < -0.4 is 29.6 Å². The summed E-state index contributed by atoms with van der Waals surface area (Å²) >= 11 is 12.9. The summed E-state index contributed by atoms with van der Waals surface area (Å²) in [5, 5.41) is 6.01. The van der Waals surface area contributed by atoms with Crippen LogP contribution in [-0.2, 0) is 12.5 Å². The van der Waals surface area contributed by atoms with Crippen molar-refractivity contribution in [2.45, 2.75) is 33.1 Å². The molecule has 2 heterocycles. The van der Waals surface area contributed by atoms with Crippen molar-refractivity contribution in [2.75, 3.05) is 0 Å². The number of rotatable bonds is 2. The smallest absolute Gasteiger partial charge is 1.00 e. The fraction of sp³-hybridized carbons (Fsp3) is 0.273. The van der Waals surface area contributed by atoms with E-state index in [2.05, 4.69) is 32.7 Å². The van der Waals surface area contributed by atoms with Crippen LogP contribution in [0.2, 0.25) is 10.0 Å². The van der Waals surface area contributed by atoms with Crippen LogP contribution in [0.4, 0.5) is 0 Å². The number of aryl methyl sites for hydroxylation is 1. The van der Waals surface area contributed by atoms with E-state index in [9.17, 15) is 0 Å². The fourth-order valence-corrected chi connectivity index (χ4v) is 4.22. The number of hydrogen-bond acceptors (Lipinski definition) is 2. The van der Waals surface area contributed by atoms with E-state index in [0.717, 1.165) is 44.9 Å². The molecule has 0 amide bonds. The number of hydrogen-bond donors (Lipinski definition) is 1. The van der Waals surface area contributed by atoms with Crippen LogP contribution in [0, 0.1) is 6.92 Å². The maximum absolute atomic E-state index is 6.57. The first kappa shape index (κ1) is 22.4. The molecule has 0 aliphatic carbocycles. The summed E-state index contributed by atoms with van der Waals surface area (Å²) in [6, 6.07) is 11.7. The van der Waals surface area contributed by atoms with Crippen LogP contribution >= 0.6 is 23.2 Å². The Morgan fingerprint density at radius 3 is 2.38 bits per heavy atom. The SMILES string of the molecule is Cc1c(C(C)(C)C)nn(C)c1-c1nc2c(Cl)cc(-c3ccccc3Cl)cc2[nH]1.[H-].[Na+]. The van der Waals surface area contributed by atoms with Gasteiger partial charge in [0, 0.05) is 28.6 Å². The molecule has 0 spiro atoms. The van der Waals surface area contributed by atoms with Crippen LogP contribution in [0.15, 0.2) is 36.4 Å². The molecule has 4 rings (SSSR count). The summed E-state index contributed by atoms with van der Waals surface area (Å²) in [4.78, 5) is 8.20. The minimum atomic E-state index is -0.0407. The molecule has 0 aliphatic rings. The Morgan fingerprint density at radius 2 is 1.76 bits per heavy atom. The second kappa shape index (κ2) is 8.09. The zero-order valence-electron chi connectivity index (χ0n) is 18.6. The third-order valence-electron chi connectivity index (χ3n) is 4.94. The molecule has 0 aliphatic heterocycles. The molecule has 2 aromatic heterocycles. The van der Waals surface area contributed by atoms with E-state index in [4.69, 9.17) is 33.3 Å². The van der Waals surface area contributed by atoms with Crippen LogP contribution in [0.3, 0.4) is 0 Å². The van der Waals surface area contributed by atoms with E-state index in [0.29, 0.717) is 10.0 Å². The minimum Gasteiger partial charge on any atom is -1.00 e. The topological polar surface area (TPSA) is 46.5 Å². The van der Waals surface area contributed by atoms with Crippen molar-refractivity contribution in [1.82, 2.24) is 19.7 Å². The fourth-order valence-electron chi connectivity index (χ4n) is 3.71. The minimum absolute atomic E-state index is 0. The number of halogens is 2. The van der Waals surface area contributed by atoms with Crippen LogP contribution in [0.1, 0.15) is 33.5 Å². The number of benzene rings is 2. The number of H-pyrrole nitrogens is 1. The van der Waals surface area contributed by atoms with Crippen molar-refractivity contribution in [1.29, 1.82) is 0 Å². The number of imidazole rings is 1. The van der Waals surface area contributed by atoms with E-state index >= 15 is 0 Å². The number of aromatic nitrogens is 4. The number of nitrogens with zero attached hydrogens (tertiary/aromatic N) is 3. The summed E-state index contributed by atoms with van der Waals surface area (Å²) in [6.45, 7) is 8.58. The molecule has 0 radical (unpaired) electrons. The second-order valence-electron chi connectivity index (χ2n) is 8.12. The van der Waals surface area contributed by atoms with Crippen LogP contribution in [-0.4, -0.2) is 19.7 Å². The van der Waals surface area contributed by atoms with E-state index in [1.54, 1.807) is 0 Å². The number of fused-ring (bicyclic) bond motifs is 1. The van der Waals surface area contributed by atoms with Gasteiger partial charge in [0.15, 0.2) is 5.82 Å². The molecule has 2 aromatic carbocycles. The van der Waals surface area contributed by atoms with E-state index < -0.39 is 0 Å². The van der Waals surface area contributed by atoms with Gasteiger partial charge in [0.1, 0.15) is 11.2 Å². The van der Waals surface area contributed by atoms with E-state index in [-0.39, 0.29) is 36.4 Å². The predicted molar refractivity (Wildman–Crippen MR) is 118 cm³/mol. The normalized spacial score (nSPS) is 11.7. The molecule has 4 nitrogen and oxygen atoms in total. The zero-order chi connectivity index (χ0) is 20.2. The molecule has 0 saturated carbocycles. The molecule has 0 atom stereocenters. The molecule has 0 saturated heterocycles. The Hall–Kier alpha value is -1.30. The van der Waals surface area contributed by atoms with Crippen LogP contribution in [0.25, 0.3) is 33.7 Å². The average Bonchev–Trinajstić information content (AvgIpc) is 3.15. The Bertz CT molecular complexity index is 1210. The standard InChI is InChI=1S/C22H22Cl2N4.Na.H/c1-12-19(28(5)27-20(12)22(2,3)4)21-25-17-11-13(10-16(24)18(17)26-21)14-8-6-7-9-15(14)23;;/h6-11H,1-5H3,(H,25,26);;/q;+1;-1. The molecule has 0 fully saturated rings. The third-order valence-corrected chi connectivity index (χ3v) is 5.56. The Kier molecular flexibility index (Phi) is 6.24. The molecule has 4 aromatic rings. The molecule has 0 unspecified atom stereocenters. The van der Waals surface area contributed by atoms with Gasteiger partial charge in [-0.3, -0.25) is 4.68 Å². The number of nitrogens with one attached hydrogen (secondary N) is 1. The van der Waals surface area contributed by atoms with Crippen LogP contribution in [0.5, 0.6) is 0 Å². The first-order valence-electron chi connectivity index (χ1n) is 9.15. The average molecular weight is 437 g/mol. The summed E-state index contributed by atoms with van der Waals surface area (Å²) in [5.41, 5.74) is 6.62. The van der Waals surface area contributed by atoms with Gasteiger partial charge in [0.05, 0.1) is 16.2 Å². The molecular weight excluding hydrogens is 414 g/mol. The van der Waals surface area contributed by atoms with Gasteiger partial charge in [-0.2, -0.15) is 5.10 Å². The third kappa shape index (κ3) is 4.01.